The molecule has 0 bridgehead atoms. The number of alkyl halides is 3. The molecular weight excluding hydrogens is 529 g/mol. The van der Waals surface area contributed by atoms with Gasteiger partial charge in [-0.2, -0.15) is 18.3 Å². The van der Waals surface area contributed by atoms with Crippen molar-refractivity contribution < 1.29 is 32.7 Å². The Labute approximate surface area is 219 Å². The number of nitrogens with zero attached hydrogens (tertiary/aromatic N) is 6. The van der Waals surface area contributed by atoms with Gasteiger partial charge in [0.2, 0.25) is 11.8 Å². The average Bonchev–Trinajstić information content (AvgIpc) is 3.45. The number of hydrogen-bond acceptors (Lipinski definition) is 6. The minimum Gasteiger partial charge on any atom is -0.465 e. The highest BCUT2D eigenvalue weighted by molar-refractivity contribution is 6.29. The van der Waals surface area contributed by atoms with Crippen LogP contribution < -0.4 is 4.90 Å². The number of fused-ring (bicyclic) bond motifs is 3. The number of amides is 3. The number of carbonyl (C=O) groups excluding carboxylic acids is 2. The number of carbonyl (C=O) groups is 3. The molecule has 38 heavy (non-hydrogen) atoms. The van der Waals surface area contributed by atoms with E-state index in [0.29, 0.717) is 32.8 Å². The van der Waals surface area contributed by atoms with E-state index in [1.807, 2.05) is 4.90 Å². The summed E-state index contributed by atoms with van der Waals surface area (Å²) in [5.74, 6) is -2.95. The summed E-state index contributed by atoms with van der Waals surface area (Å²) in [5.41, 5.74) is 2.73. The Morgan fingerprint density at radius 2 is 1.95 bits per heavy atom. The molecule has 2 aliphatic heterocycles. The molecule has 1 N–H and O–H groups in total. The molecule has 0 spiro atoms. The van der Waals surface area contributed by atoms with E-state index in [1.165, 1.54) is 12.1 Å². The zero-order valence-corrected chi connectivity index (χ0v) is 20.8. The van der Waals surface area contributed by atoms with Crippen molar-refractivity contribution in [1.29, 1.82) is 0 Å². The third-order valence-corrected chi connectivity index (χ3v) is 7.07. The Morgan fingerprint density at radius 1 is 1.24 bits per heavy atom. The Balaban J connectivity index is 1.41. The zero-order chi connectivity index (χ0) is 27.4. The van der Waals surface area contributed by atoms with Crippen molar-refractivity contribution in [3.8, 4) is 0 Å². The monoisotopic (exact) mass is 550 g/mol. The van der Waals surface area contributed by atoms with E-state index in [0.717, 1.165) is 31.3 Å². The molecule has 3 amide bonds. The number of imide groups is 1. The van der Waals surface area contributed by atoms with Crippen molar-refractivity contribution in [2.45, 2.75) is 31.5 Å². The van der Waals surface area contributed by atoms with Gasteiger partial charge in [-0.05, 0) is 30.5 Å². The van der Waals surface area contributed by atoms with E-state index < -0.39 is 49.0 Å². The lowest BCUT2D eigenvalue weighted by Gasteiger charge is -2.33. The number of anilines is 2. The summed E-state index contributed by atoms with van der Waals surface area (Å²) >= 11 is 6.03. The molecule has 1 saturated heterocycles. The first kappa shape index (κ1) is 25.8. The second-order valence-corrected chi connectivity index (χ2v) is 9.64. The number of rotatable bonds is 4. The molecular formula is C24H22ClF3N6O4. The number of hydrogen-bond donors (Lipinski definition) is 1. The van der Waals surface area contributed by atoms with Crippen molar-refractivity contribution in [2.75, 3.05) is 25.0 Å². The van der Waals surface area contributed by atoms with E-state index in [1.54, 1.807) is 28.9 Å². The Hall–Kier alpha value is -3.87. The average molecular weight is 551 g/mol. The maximum atomic E-state index is 14.2. The van der Waals surface area contributed by atoms with E-state index in [9.17, 15) is 27.6 Å². The van der Waals surface area contributed by atoms with Gasteiger partial charge in [-0.3, -0.25) is 9.59 Å². The Kier molecular flexibility index (Phi) is 6.41. The van der Waals surface area contributed by atoms with Crippen LogP contribution in [-0.4, -0.2) is 73.7 Å². The van der Waals surface area contributed by atoms with Crippen molar-refractivity contribution in [3.63, 3.8) is 0 Å². The lowest BCUT2D eigenvalue weighted by atomic mass is 10.0. The van der Waals surface area contributed by atoms with Crippen LogP contribution in [0.2, 0.25) is 5.15 Å². The normalized spacial score (nSPS) is 18.6. The summed E-state index contributed by atoms with van der Waals surface area (Å²) in [6.07, 6.45) is -3.62. The van der Waals surface area contributed by atoms with Crippen LogP contribution in [0.25, 0.3) is 5.65 Å². The third kappa shape index (κ3) is 4.51. The van der Waals surface area contributed by atoms with Crippen LogP contribution in [0.1, 0.15) is 30.1 Å². The fourth-order valence-corrected chi connectivity index (χ4v) is 5.31. The number of carboxylic acid groups (broad SMARTS) is 1. The largest absolute Gasteiger partial charge is 0.465 e. The molecule has 14 heteroatoms. The standard InChI is InChI=1S/C24H22ClF3N6O4/c1-31(22(36)14-9-20(35)33(12-14)23(37)38)21(24(26,27)28)13-4-6-15(7-5-13)32-8-2-3-16-17(32)11-29-19-10-18(25)30-34(16)19/h4-7,10-11,14,21H,2-3,8-9,12H2,1H3,(H,37,38)/t14-,21-/m1/s1. The summed E-state index contributed by atoms with van der Waals surface area (Å²) in [5, 5.41) is 13.7. The topological polar surface area (TPSA) is 111 Å². The molecule has 0 saturated carbocycles. The molecule has 0 unspecified atom stereocenters. The molecule has 0 aliphatic carbocycles. The highest BCUT2D eigenvalue weighted by Crippen LogP contribution is 2.40. The van der Waals surface area contributed by atoms with Gasteiger partial charge < -0.3 is 14.9 Å². The highest BCUT2D eigenvalue weighted by Gasteiger charge is 2.48. The van der Waals surface area contributed by atoms with Crippen LogP contribution in [0.4, 0.5) is 29.3 Å². The number of likely N-dealkylation sites (tertiary alicyclic amines) is 1. The second-order valence-electron chi connectivity index (χ2n) is 9.26. The molecule has 5 rings (SSSR count). The van der Waals surface area contributed by atoms with Crippen LogP contribution in [-0.2, 0) is 16.0 Å². The number of benzene rings is 1. The highest BCUT2D eigenvalue weighted by atomic mass is 35.5. The zero-order valence-electron chi connectivity index (χ0n) is 20.0. The maximum absolute atomic E-state index is 14.2. The van der Waals surface area contributed by atoms with Gasteiger partial charge in [0, 0.05) is 38.3 Å². The van der Waals surface area contributed by atoms with Gasteiger partial charge >= 0.3 is 12.3 Å². The summed E-state index contributed by atoms with van der Waals surface area (Å²) in [6.45, 7) is 0.142. The lowest BCUT2D eigenvalue weighted by molar-refractivity contribution is -0.190. The summed E-state index contributed by atoms with van der Waals surface area (Å²) in [7, 11) is 1.01. The molecule has 200 valence electrons. The van der Waals surface area contributed by atoms with Crippen molar-refractivity contribution in [1.82, 2.24) is 24.4 Å². The molecule has 2 aromatic heterocycles. The van der Waals surface area contributed by atoms with Gasteiger partial charge in [0.05, 0.1) is 23.5 Å². The molecule has 0 radical (unpaired) electrons. The Bertz CT molecular complexity index is 1430. The summed E-state index contributed by atoms with van der Waals surface area (Å²) in [4.78, 5) is 43.2. The fourth-order valence-electron chi connectivity index (χ4n) is 5.14. The van der Waals surface area contributed by atoms with Crippen molar-refractivity contribution >= 4 is 46.5 Å². The first-order chi connectivity index (χ1) is 18.0. The summed E-state index contributed by atoms with van der Waals surface area (Å²) in [6, 6.07) is 5.09. The molecule has 4 heterocycles. The quantitative estimate of drug-likeness (QED) is 0.521. The van der Waals surface area contributed by atoms with E-state index in [-0.39, 0.29) is 5.56 Å². The van der Waals surface area contributed by atoms with Crippen LogP contribution in [0.5, 0.6) is 0 Å². The Morgan fingerprint density at radius 3 is 2.58 bits per heavy atom. The number of aromatic nitrogens is 3. The predicted octanol–water partition coefficient (Wildman–Crippen LogP) is 4.06. The summed E-state index contributed by atoms with van der Waals surface area (Å²) < 4.78 is 44.2. The molecule has 2 aliphatic rings. The SMILES string of the molecule is CN(C(=O)[C@@H]1CC(=O)N(C(=O)O)C1)[C@H](c1ccc(N2CCCc3c2cnc2cc(Cl)nn32)cc1)C(F)(F)F. The number of aryl methyl sites for hydroxylation is 1. The first-order valence-corrected chi connectivity index (χ1v) is 12.1. The third-order valence-electron chi connectivity index (χ3n) is 6.89. The van der Waals surface area contributed by atoms with Crippen molar-refractivity contribution in [3.05, 3.63) is 52.9 Å². The van der Waals surface area contributed by atoms with Gasteiger partial charge in [0.25, 0.3) is 0 Å². The van der Waals surface area contributed by atoms with Gasteiger partial charge in [0.15, 0.2) is 16.8 Å². The molecule has 3 aromatic rings. The molecule has 1 aromatic carbocycles. The number of halogens is 4. The maximum Gasteiger partial charge on any atom is 0.414 e. The van der Waals surface area contributed by atoms with E-state index >= 15 is 0 Å². The van der Waals surface area contributed by atoms with Crippen molar-refractivity contribution in [2.24, 2.45) is 5.92 Å². The van der Waals surface area contributed by atoms with Gasteiger partial charge in [-0.25, -0.2) is 19.2 Å². The van der Waals surface area contributed by atoms with Crippen LogP contribution in [0.3, 0.4) is 0 Å². The van der Waals surface area contributed by atoms with Gasteiger partial charge in [-0.1, -0.05) is 23.7 Å². The van der Waals surface area contributed by atoms with Gasteiger partial charge in [0.1, 0.15) is 0 Å². The first-order valence-electron chi connectivity index (χ1n) is 11.7. The minimum atomic E-state index is -4.81. The van der Waals surface area contributed by atoms with E-state index in [2.05, 4.69) is 10.1 Å². The molecule has 2 atom stereocenters. The van der Waals surface area contributed by atoms with Crippen LogP contribution in [0.15, 0.2) is 36.5 Å². The second kappa shape index (κ2) is 9.46. The molecule has 10 nitrogen and oxygen atoms in total. The lowest BCUT2D eigenvalue weighted by Crippen LogP contribution is -2.43. The minimum absolute atomic E-state index is 0.166. The van der Waals surface area contributed by atoms with E-state index in [4.69, 9.17) is 16.7 Å². The molecule has 1 fully saturated rings. The van der Waals surface area contributed by atoms with Crippen LogP contribution in [0, 0.1) is 5.92 Å². The smallest absolute Gasteiger partial charge is 0.414 e. The van der Waals surface area contributed by atoms with Crippen LogP contribution >= 0.6 is 11.6 Å². The fraction of sp³-hybridized carbons (Fsp3) is 0.375. The predicted molar refractivity (Wildman–Crippen MR) is 129 cm³/mol. The van der Waals surface area contributed by atoms with Gasteiger partial charge in [-0.15, -0.1) is 0 Å².